The minimum atomic E-state index is -3.24. The topological polar surface area (TPSA) is 61.2 Å². The number of rotatable bonds is 7. The van der Waals surface area contributed by atoms with Crippen molar-refractivity contribution in [2.24, 2.45) is 0 Å². The molecule has 0 aliphatic carbocycles. The molecule has 0 saturated carbocycles. The van der Waals surface area contributed by atoms with Crippen LogP contribution in [0, 0.1) is 0 Å². The number of hydrogen-bond donors (Lipinski definition) is 0. The zero-order valence-electron chi connectivity index (χ0n) is 15.2. The van der Waals surface area contributed by atoms with Gasteiger partial charge in [0.1, 0.15) is 5.82 Å². The maximum Gasteiger partial charge on any atom is 0.232 e. The van der Waals surface area contributed by atoms with E-state index in [0.717, 1.165) is 24.1 Å². The molecular weight excluding hydrogens is 384 g/mol. The Hall–Kier alpha value is -2.31. The maximum absolute atomic E-state index is 11.7. The van der Waals surface area contributed by atoms with Crippen LogP contribution in [-0.2, 0) is 9.84 Å². The number of unbranched alkanes of at least 4 members (excludes halogenated alkanes) is 1. The lowest BCUT2D eigenvalue weighted by molar-refractivity contribution is 0.299. The van der Waals surface area contributed by atoms with Crippen LogP contribution in [0.25, 0.3) is 17.1 Å². The molecule has 0 amide bonds. The van der Waals surface area contributed by atoms with Gasteiger partial charge < -0.3 is 4.74 Å². The number of benzene rings is 2. The number of sulfone groups is 1. The van der Waals surface area contributed by atoms with Crippen LogP contribution in [-0.4, -0.2) is 30.8 Å². The van der Waals surface area contributed by atoms with Crippen molar-refractivity contribution in [3.63, 3.8) is 0 Å². The smallest absolute Gasteiger partial charge is 0.232 e. The molecule has 0 unspecified atom stereocenters. The number of ether oxygens (including phenoxy) is 1. The second-order valence-corrected chi connectivity index (χ2v) is 8.70. The van der Waals surface area contributed by atoms with E-state index in [0.29, 0.717) is 23.3 Å². The predicted octanol–water partition coefficient (Wildman–Crippen LogP) is 4.78. The molecule has 0 saturated heterocycles. The lowest BCUT2D eigenvalue weighted by Gasteiger charge is -2.08. The zero-order chi connectivity index (χ0) is 19.4. The summed E-state index contributed by atoms with van der Waals surface area (Å²) in [7, 11) is -3.24. The minimum absolute atomic E-state index is 0.277. The summed E-state index contributed by atoms with van der Waals surface area (Å²) in [4.78, 5) is 4.89. The van der Waals surface area contributed by atoms with Gasteiger partial charge in [-0.2, -0.15) is 4.98 Å². The lowest BCUT2D eigenvalue weighted by Crippen LogP contribution is -1.99. The number of hydrogen-bond acceptors (Lipinski definition) is 4. The largest absolute Gasteiger partial charge is 0.477 e. The van der Waals surface area contributed by atoms with Crippen molar-refractivity contribution < 1.29 is 13.2 Å². The highest BCUT2D eigenvalue weighted by atomic mass is 35.5. The Morgan fingerprint density at radius 1 is 1.07 bits per heavy atom. The summed E-state index contributed by atoms with van der Waals surface area (Å²) in [5.41, 5.74) is 1.68. The summed E-state index contributed by atoms with van der Waals surface area (Å²) < 4.78 is 31.0. The molecule has 0 atom stereocenters. The van der Waals surface area contributed by atoms with Gasteiger partial charge >= 0.3 is 0 Å². The molecule has 1 heterocycles. The molecule has 0 bridgehead atoms. The van der Waals surface area contributed by atoms with Crippen LogP contribution in [0.5, 0.6) is 5.88 Å². The summed E-state index contributed by atoms with van der Waals surface area (Å²) in [6.45, 7) is 2.70. The van der Waals surface area contributed by atoms with E-state index in [2.05, 4.69) is 11.9 Å². The molecule has 0 aliphatic rings. The van der Waals surface area contributed by atoms with Crippen LogP contribution in [0.15, 0.2) is 59.6 Å². The SMILES string of the molecule is CCCCOc1cn(-c2ccc(S(C)(=O)=O)cc2)c(-c2ccc(Cl)cc2)n1. The molecule has 0 N–H and O–H groups in total. The van der Waals surface area contributed by atoms with Gasteiger partial charge in [-0.3, -0.25) is 4.57 Å². The number of nitrogens with zero attached hydrogens (tertiary/aromatic N) is 2. The molecule has 142 valence electrons. The van der Waals surface area contributed by atoms with Crippen LogP contribution >= 0.6 is 11.6 Å². The fraction of sp³-hybridized carbons (Fsp3) is 0.250. The molecule has 7 heteroatoms. The third-order valence-corrected chi connectivity index (χ3v) is 5.46. The molecule has 0 fully saturated rings. The van der Waals surface area contributed by atoms with Crippen molar-refractivity contribution in [3.8, 4) is 23.0 Å². The van der Waals surface area contributed by atoms with Crippen molar-refractivity contribution in [3.05, 3.63) is 59.8 Å². The Morgan fingerprint density at radius 2 is 1.74 bits per heavy atom. The first-order valence-electron chi connectivity index (χ1n) is 8.67. The molecular formula is C20H21ClN2O3S. The third-order valence-electron chi connectivity index (χ3n) is 4.08. The lowest BCUT2D eigenvalue weighted by atomic mass is 10.2. The first kappa shape index (κ1) is 19.5. The van der Waals surface area contributed by atoms with Gasteiger partial charge in [-0.15, -0.1) is 0 Å². The fourth-order valence-electron chi connectivity index (χ4n) is 2.60. The highest BCUT2D eigenvalue weighted by Crippen LogP contribution is 2.27. The highest BCUT2D eigenvalue weighted by Gasteiger charge is 2.14. The van der Waals surface area contributed by atoms with E-state index in [1.807, 2.05) is 22.9 Å². The number of imidazole rings is 1. The molecule has 0 aliphatic heterocycles. The van der Waals surface area contributed by atoms with E-state index in [1.165, 1.54) is 6.26 Å². The third kappa shape index (κ3) is 4.70. The summed E-state index contributed by atoms with van der Waals surface area (Å²) in [6.07, 6.45) is 5.00. The van der Waals surface area contributed by atoms with Gasteiger partial charge in [0.15, 0.2) is 9.84 Å². The van der Waals surface area contributed by atoms with Crippen LogP contribution in [0.2, 0.25) is 5.02 Å². The van der Waals surface area contributed by atoms with Crippen LogP contribution in [0.1, 0.15) is 19.8 Å². The van der Waals surface area contributed by atoms with Crippen molar-refractivity contribution in [1.82, 2.24) is 9.55 Å². The van der Waals surface area contributed by atoms with Crippen molar-refractivity contribution in [2.75, 3.05) is 12.9 Å². The molecule has 0 spiro atoms. The maximum atomic E-state index is 11.7. The molecule has 3 aromatic rings. The van der Waals surface area contributed by atoms with Gasteiger partial charge in [-0.25, -0.2) is 8.42 Å². The Morgan fingerprint density at radius 3 is 2.33 bits per heavy atom. The van der Waals surface area contributed by atoms with E-state index >= 15 is 0 Å². The first-order chi connectivity index (χ1) is 12.9. The van der Waals surface area contributed by atoms with E-state index in [9.17, 15) is 8.42 Å². The van der Waals surface area contributed by atoms with Crippen LogP contribution in [0.4, 0.5) is 0 Å². The summed E-state index contributed by atoms with van der Waals surface area (Å²) in [5, 5.41) is 0.647. The quantitative estimate of drug-likeness (QED) is 0.532. The van der Waals surface area contributed by atoms with E-state index < -0.39 is 9.84 Å². The van der Waals surface area contributed by atoms with Gasteiger partial charge in [-0.1, -0.05) is 24.9 Å². The Balaban J connectivity index is 2.02. The normalized spacial score (nSPS) is 11.5. The van der Waals surface area contributed by atoms with Gasteiger partial charge in [0.05, 0.1) is 17.7 Å². The van der Waals surface area contributed by atoms with Crippen LogP contribution < -0.4 is 4.74 Å². The average Bonchev–Trinajstić information content (AvgIpc) is 3.06. The summed E-state index contributed by atoms with van der Waals surface area (Å²) >= 11 is 6.00. The van der Waals surface area contributed by atoms with Gasteiger partial charge in [0.2, 0.25) is 5.88 Å². The molecule has 3 rings (SSSR count). The second kappa shape index (κ2) is 8.15. The van der Waals surface area contributed by atoms with Crippen molar-refractivity contribution in [1.29, 1.82) is 0 Å². The van der Waals surface area contributed by atoms with E-state index in [4.69, 9.17) is 16.3 Å². The second-order valence-electron chi connectivity index (χ2n) is 6.25. The fourth-order valence-corrected chi connectivity index (χ4v) is 3.36. The number of halogens is 1. The van der Waals surface area contributed by atoms with Gasteiger partial charge in [0, 0.05) is 22.5 Å². The standard InChI is InChI=1S/C20H21ClN2O3S/c1-3-4-13-26-19-14-23(17-9-11-18(12-10-17)27(2,24)25)20(22-19)15-5-7-16(21)8-6-15/h5-12,14H,3-4,13H2,1-2H3. The van der Waals surface area contributed by atoms with E-state index in [1.54, 1.807) is 36.4 Å². The molecule has 1 aromatic heterocycles. The van der Waals surface area contributed by atoms with Crippen LogP contribution in [0.3, 0.4) is 0 Å². The average molecular weight is 405 g/mol. The Bertz CT molecular complexity index is 1010. The van der Waals surface area contributed by atoms with Crippen molar-refractivity contribution >= 4 is 21.4 Å². The summed E-state index contributed by atoms with van der Waals surface area (Å²) in [5.74, 6) is 1.23. The molecule has 0 radical (unpaired) electrons. The van der Waals surface area contributed by atoms with Gasteiger partial charge in [-0.05, 0) is 55.0 Å². The highest BCUT2D eigenvalue weighted by molar-refractivity contribution is 7.90. The molecule has 5 nitrogen and oxygen atoms in total. The van der Waals surface area contributed by atoms with E-state index in [-0.39, 0.29) is 4.90 Å². The van der Waals surface area contributed by atoms with Crippen molar-refractivity contribution in [2.45, 2.75) is 24.7 Å². The predicted molar refractivity (Wildman–Crippen MR) is 108 cm³/mol. The minimum Gasteiger partial charge on any atom is -0.477 e. The first-order valence-corrected chi connectivity index (χ1v) is 10.9. The van der Waals surface area contributed by atoms with Gasteiger partial charge in [0.25, 0.3) is 0 Å². The number of aromatic nitrogens is 2. The summed E-state index contributed by atoms with van der Waals surface area (Å²) in [6, 6.07) is 14.1. The molecule has 2 aromatic carbocycles. The molecule has 27 heavy (non-hydrogen) atoms. The Labute approximate surface area is 164 Å². The Kier molecular flexibility index (Phi) is 5.87. The zero-order valence-corrected chi connectivity index (χ0v) is 16.8. The monoisotopic (exact) mass is 404 g/mol.